The minimum atomic E-state index is -4.52. The summed E-state index contributed by atoms with van der Waals surface area (Å²) in [6.45, 7) is 2.05. The molecule has 0 unspecified atom stereocenters. The van der Waals surface area contributed by atoms with Crippen LogP contribution < -0.4 is 5.73 Å². The zero-order chi connectivity index (χ0) is 24.0. The smallest absolute Gasteiger partial charge is 0.334 e. The lowest BCUT2D eigenvalue weighted by Gasteiger charge is -2.29. The molecule has 3 rings (SSSR count). The van der Waals surface area contributed by atoms with Gasteiger partial charge in [-0.2, -0.15) is 18.4 Å². The summed E-state index contributed by atoms with van der Waals surface area (Å²) in [4.78, 5) is 18.8. The summed E-state index contributed by atoms with van der Waals surface area (Å²) in [6, 6.07) is 13.9. The molecule has 2 aromatic carbocycles. The van der Waals surface area contributed by atoms with Crippen LogP contribution in [0.15, 0.2) is 60.9 Å². The van der Waals surface area contributed by atoms with E-state index in [0.29, 0.717) is 17.9 Å². The molecule has 3 aromatic rings. The van der Waals surface area contributed by atoms with Crippen molar-refractivity contribution in [3.8, 4) is 6.07 Å². The molecule has 0 fully saturated rings. The molecule has 0 radical (unpaired) electrons. The molecule has 2 N–H and O–H groups in total. The molecule has 0 aliphatic carbocycles. The average molecular weight is 455 g/mol. The fourth-order valence-corrected chi connectivity index (χ4v) is 3.50. The van der Waals surface area contributed by atoms with Gasteiger partial charge in [0.2, 0.25) is 5.91 Å². The molecular formula is C24H24F3N5O. The molecule has 0 spiro atoms. The fourth-order valence-electron chi connectivity index (χ4n) is 3.50. The number of nitrogens with zero attached hydrogens (tertiary/aromatic N) is 4. The number of amides is 1. The second-order valence-corrected chi connectivity index (χ2v) is 7.72. The number of nitriles is 1. The van der Waals surface area contributed by atoms with Gasteiger partial charge in [-0.25, -0.2) is 4.98 Å². The Bertz CT molecular complexity index is 1130. The highest BCUT2D eigenvalue weighted by Gasteiger charge is 2.34. The second-order valence-electron chi connectivity index (χ2n) is 7.72. The summed E-state index contributed by atoms with van der Waals surface area (Å²) >= 11 is 0. The lowest BCUT2D eigenvalue weighted by molar-refractivity contribution is -0.140. The highest BCUT2D eigenvalue weighted by molar-refractivity contribution is 5.78. The molecule has 9 heteroatoms. The van der Waals surface area contributed by atoms with Gasteiger partial charge in [0.25, 0.3) is 0 Å². The third-order valence-corrected chi connectivity index (χ3v) is 5.40. The number of carbonyl (C=O) groups is 1. The Morgan fingerprint density at radius 1 is 1.21 bits per heavy atom. The van der Waals surface area contributed by atoms with Crippen LogP contribution in [0.1, 0.15) is 35.0 Å². The molecule has 0 saturated carbocycles. The van der Waals surface area contributed by atoms with Crippen LogP contribution in [0.2, 0.25) is 0 Å². The number of rotatable bonds is 8. The summed E-state index contributed by atoms with van der Waals surface area (Å²) in [6.07, 6.45) is -1.30. The number of halogens is 3. The van der Waals surface area contributed by atoms with E-state index >= 15 is 0 Å². The Morgan fingerprint density at radius 3 is 2.55 bits per heavy atom. The fraction of sp³-hybridized carbons (Fsp3) is 0.292. The van der Waals surface area contributed by atoms with Crippen LogP contribution in [-0.4, -0.2) is 32.9 Å². The van der Waals surface area contributed by atoms with Crippen molar-refractivity contribution in [2.75, 3.05) is 6.54 Å². The SMILES string of the molecule is C[C@@H](CN)N(Cc1ccccc1C(F)(F)F)C(=O)Cc1nccn1Cc1ccc(C#N)cc1. The monoisotopic (exact) mass is 455 g/mol. The molecule has 33 heavy (non-hydrogen) atoms. The van der Waals surface area contributed by atoms with E-state index in [-0.39, 0.29) is 31.0 Å². The van der Waals surface area contributed by atoms with Gasteiger partial charge >= 0.3 is 6.18 Å². The molecule has 1 amide bonds. The van der Waals surface area contributed by atoms with Crippen molar-refractivity contribution in [3.63, 3.8) is 0 Å². The van der Waals surface area contributed by atoms with Gasteiger partial charge < -0.3 is 15.2 Å². The van der Waals surface area contributed by atoms with E-state index < -0.39 is 17.8 Å². The van der Waals surface area contributed by atoms with Crippen LogP contribution in [-0.2, 0) is 30.5 Å². The summed E-state index contributed by atoms with van der Waals surface area (Å²) < 4.78 is 42.1. The Balaban J connectivity index is 1.80. The first kappa shape index (κ1) is 24.0. The minimum absolute atomic E-state index is 0.0135. The van der Waals surface area contributed by atoms with Crippen molar-refractivity contribution in [2.24, 2.45) is 5.73 Å². The van der Waals surface area contributed by atoms with Gasteiger partial charge in [0.15, 0.2) is 0 Å². The topological polar surface area (TPSA) is 87.9 Å². The van der Waals surface area contributed by atoms with E-state index in [0.717, 1.165) is 11.6 Å². The van der Waals surface area contributed by atoms with Gasteiger partial charge in [-0.05, 0) is 36.2 Å². The molecule has 0 aliphatic heterocycles. The van der Waals surface area contributed by atoms with Crippen LogP contribution in [0.3, 0.4) is 0 Å². The largest absolute Gasteiger partial charge is 0.416 e. The predicted octanol–water partition coefficient (Wildman–Crippen LogP) is 3.74. The molecule has 0 bridgehead atoms. The quantitative estimate of drug-likeness (QED) is 0.561. The van der Waals surface area contributed by atoms with Gasteiger partial charge in [-0.1, -0.05) is 30.3 Å². The molecule has 1 aromatic heterocycles. The van der Waals surface area contributed by atoms with Crippen LogP contribution >= 0.6 is 0 Å². The van der Waals surface area contributed by atoms with Crippen LogP contribution in [0.4, 0.5) is 13.2 Å². The number of imidazole rings is 1. The average Bonchev–Trinajstić information content (AvgIpc) is 3.23. The maximum Gasteiger partial charge on any atom is 0.416 e. The standard InChI is InChI=1S/C24H24F3N5O/c1-17(13-28)32(16-20-4-2-3-5-21(20)24(25,26)27)23(33)12-22-30-10-11-31(22)15-19-8-6-18(14-29)7-9-19/h2-11,17H,12-13,15-16,28H2,1H3/t17-/m0/s1. The maximum absolute atomic E-state index is 13.4. The van der Waals surface area contributed by atoms with Crippen molar-refractivity contribution in [1.82, 2.24) is 14.5 Å². The number of carbonyl (C=O) groups excluding carboxylic acids is 1. The number of alkyl halides is 3. The molecule has 1 atom stereocenters. The molecule has 1 heterocycles. The summed E-state index contributed by atoms with van der Waals surface area (Å²) in [5, 5.41) is 8.93. The normalized spacial score (nSPS) is 12.2. The Kier molecular flexibility index (Phi) is 7.51. The summed E-state index contributed by atoms with van der Waals surface area (Å²) in [5.74, 6) is 0.125. The highest BCUT2D eigenvalue weighted by atomic mass is 19.4. The van der Waals surface area contributed by atoms with Crippen molar-refractivity contribution in [2.45, 2.75) is 38.7 Å². The van der Waals surface area contributed by atoms with E-state index in [1.807, 2.05) is 12.1 Å². The molecule has 0 saturated heterocycles. The molecule has 172 valence electrons. The Labute approximate surface area is 190 Å². The van der Waals surface area contributed by atoms with Gasteiger partial charge in [0.05, 0.1) is 23.6 Å². The number of aromatic nitrogens is 2. The number of benzene rings is 2. The van der Waals surface area contributed by atoms with Crippen molar-refractivity contribution >= 4 is 5.91 Å². The first-order valence-electron chi connectivity index (χ1n) is 10.4. The van der Waals surface area contributed by atoms with E-state index in [4.69, 9.17) is 11.0 Å². The minimum Gasteiger partial charge on any atom is -0.334 e. The molecular weight excluding hydrogens is 431 g/mol. The lowest BCUT2D eigenvalue weighted by atomic mass is 10.1. The predicted molar refractivity (Wildman–Crippen MR) is 117 cm³/mol. The lowest BCUT2D eigenvalue weighted by Crippen LogP contribution is -2.43. The second kappa shape index (κ2) is 10.3. The summed E-state index contributed by atoms with van der Waals surface area (Å²) in [5.41, 5.74) is 6.47. The Morgan fingerprint density at radius 2 is 1.91 bits per heavy atom. The zero-order valence-electron chi connectivity index (χ0n) is 18.1. The molecule has 6 nitrogen and oxygen atoms in total. The van der Waals surface area contributed by atoms with Gasteiger partial charge in [-0.15, -0.1) is 0 Å². The number of nitrogens with two attached hydrogens (primary N) is 1. The van der Waals surface area contributed by atoms with Crippen molar-refractivity contribution < 1.29 is 18.0 Å². The Hall–Kier alpha value is -3.64. The first-order valence-corrected chi connectivity index (χ1v) is 10.4. The van der Waals surface area contributed by atoms with Crippen LogP contribution in [0.5, 0.6) is 0 Å². The molecule has 0 aliphatic rings. The highest BCUT2D eigenvalue weighted by Crippen LogP contribution is 2.32. The van der Waals surface area contributed by atoms with Gasteiger partial charge in [0.1, 0.15) is 5.82 Å². The zero-order valence-corrected chi connectivity index (χ0v) is 18.1. The van der Waals surface area contributed by atoms with Gasteiger partial charge in [0, 0.05) is 38.1 Å². The summed E-state index contributed by atoms with van der Waals surface area (Å²) in [7, 11) is 0. The van der Waals surface area contributed by atoms with Crippen molar-refractivity contribution in [3.05, 3.63) is 89.0 Å². The van der Waals surface area contributed by atoms with E-state index in [1.165, 1.54) is 23.1 Å². The third-order valence-electron chi connectivity index (χ3n) is 5.40. The number of hydrogen-bond acceptors (Lipinski definition) is 4. The third kappa shape index (κ3) is 5.99. The van der Waals surface area contributed by atoms with Crippen LogP contribution in [0, 0.1) is 11.3 Å². The van der Waals surface area contributed by atoms with Crippen molar-refractivity contribution in [1.29, 1.82) is 5.26 Å². The van der Waals surface area contributed by atoms with Gasteiger partial charge in [-0.3, -0.25) is 4.79 Å². The first-order chi connectivity index (χ1) is 15.7. The number of hydrogen-bond donors (Lipinski definition) is 1. The maximum atomic E-state index is 13.4. The van der Waals surface area contributed by atoms with Crippen LogP contribution in [0.25, 0.3) is 0 Å². The van der Waals surface area contributed by atoms with E-state index in [2.05, 4.69) is 11.1 Å². The van der Waals surface area contributed by atoms with E-state index in [9.17, 15) is 18.0 Å². The van der Waals surface area contributed by atoms with E-state index in [1.54, 1.807) is 36.0 Å².